The molecule has 0 spiro atoms. The van der Waals surface area contributed by atoms with E-state index in [0.717, 1.165) is 5.69 Å². The minimum absolute atomic E-state index is 0.0907. The van der Waals surface area contributed by atoms with Gasteiger partial charge < -0.3 is 15.0 Å². The molecule has 11 nitrogen and oxygen atoms in total. The van der Waals surface area contributed by atoms with E-state index >= 15 is 0 Å². The molecule has 1 N–H and O–H groups in total. The minimum atomic E-state index is -1.49. The fourth-order valence-electron chi connectivity index (χ4n) is 5.36. The van der Waals surface area contributed by atoms with E-state index in [4.69, 9.17) is 4.74 Å². The van der Waals surface area contributed by atoms with E-state index in [2.05, 4.69) is 25.3 Å². The third-order valence-corrected chi connectivity index (χ3v) is 7.72. The molecular weight excluding hydrogens is 561 g/mol. The second-order valence-corrected chi connectivity index (χ2v) is 12.9. The lowest BCUT2D eigenvalue weighted by Gasteiger charge is -2.45. The Labute approximate surface area is 245 Å². The number of fused-ring (bicyclic) bond motifs is 2. The maximum absolute atomic E-state index is 14.7. The average Bonchev–Trinajstić information content (AvgIpc) is 3.26. The summed E-state index contributed by atoms with van der Waals surface area (Å²) < 4.78 is 34.1. The number of hydrogen-bond donors (Lipinski definition) is 1. The molecule has 0 radical (unpaired) electrons. The average molecular weight is 596 g/mol. The Balaban J connectivity index is 1.49. The van der Waals surface area contributed by atoms with Crippen molar-refractivity contribution < 1.29 is 22.9 Å². The summed E-state index contributed by atoms with van der Waals surface area (Å²) in [7, 11) is 0.207. The van der Waals surface area contributed by atoms with Crippen molar-refractivity contribution in [3.63, 3.8) is 0 Å². The summed E-state index contributed by atoms with van der Waals surface area (Å²) in [5.41, 5.74) is 1.20. The molecule has 0 saturated carbocycles. The molecule has 1 saturated heterocycles. The predicted octanol–water partition coefficient (Wildman–Crippen LogP) is 4.48. The van der Waals surface area contributed by atoms with Crippen molar-refractivity contribution in [2.75, 3.05) is 29.6 Å². The molecule has 5 rings (SSSR count). The molecule has 1 aliphatic rings. The molecule has 0 bridgehead atoms. The van der Waals surface area contributed by atoms with E-state index in [0.29, 0.717) is 29.4 Å². The lowest BCUT2D eigenvalue weighted by Crippen LogP contribution is -2.59. The second-order valence-electron chi connectivity index (χ2n) is 11.6. The highest BCUT2D eigenvalue weighted by atomic mass is 32.2. The molecule has 42 heavy (non-hydrogen) atoms. The van der Waals surface area contributed by atoms with Crippen LogP contribution in [0, 0.1) is 5.82 Å². The van der Waals surface area contributed by atoms with Crippen molar-refractivity contribution in [2.45, 2.75) is 57.5 Å². The van der Waals surface area contributed by atoms with Gasteiger partial charge in [0.2, 0.25) is 5.16 Å². The van der Waals surface area contributed by atoms with Gasteiger partial charge in [-0.3, -0.25) is 18.6 Å². The Morgan fingerprint density at radius 2 is 1.81 bits per heavy atom. The van der Waals surface area contributed by atoms with Crippen LogP contribution in [0.1, 0.15) is 45.0 Å². The molecule has 13 heteroatoms. The van der Waals surface area contributed by atoms with Gasteiger partial charge in [-0.15, -0.1) is 0 Å². The molecule has 1 aliphatic heterocycles. The largest absolute Gasteiger partial charge is 0.444 e. The highest BCUT2D eigenvalue weighted by Gasteiger charge is 2.36. The van der Waals surface area contributed by atoms with Crippen molar-refractivity contribution in [2.24, 2.45) is 7.05 Å². The number of nitrogens with one attached hydrogen (secondary N) is 1. The first-order valence-corrected chi connectivity index (χ1v) is 15.1. The van der Waals surface area contributed by atoms with Gasteiger partial charge in [0.1, 0.15) is 11.1 Å². The summed E-state index contributed by atoms with van der Waals surface area (Å²) in [6.45, 7) is 10.5. The van der Waals surface area contributed by atoms with Crippen LogP contribution in [0.5, 0.6) is 0 Å². The second kappa shape index (κ2) is 10.9. The van der Waals surface area contributed by atoms with Gasteiger partial charge in [0.15, 0.2) is 5.82 Å². The van der Waals surface area contributed by atoms with Crippen LogP contribution < -0.4 is 10.2 Å². The summed E-state index contributed by atoms with van der Waals surface area (Å²) in [4.78, 5) is 39.1. The van der Waals surface area contributed by atoms with Crippen LogP contribution >= 0.6 is 0 Å². The molecule has 0 aliphatic carbocycles. The highest BCUT2D eigenvalue weighted by Crippen LogP contribution is 2.32. The molecule has 2 aromatic carbocycles. The lowest BCUT2D eigenvalue weighted by molar-refractivity contribution is 0.00566. The minimum Gasteiger partial charge on any atom is -0.444 e. The first-order valence-electron chi connectivity index (χ1n) is 13.6. The number of ether oxygens (including phenoxy) is 1. The number of carbonyl (C=O) groups is 2. The quantitative estimate of drug-likeness (QED) is 0.343. The SMILES string of the molecule is CC1CN(c2ccc(C(=O)Nc3cc(F)c4nn(C)cc4c3)c3nc(S(C)=O)ncc23)C[C@H](C)N1C(=O)OC(C)(C)C. The maximum atomic E-state index is 14.7. The number of piperazine rings is 1. The maximum Gasteiger partial charge on any atom is 0.410 e. The van der Waals surface area contributed by atoms with Gasteiger partial charge in [-0.1, -0.05) is 0 Å². The van der Waals surface area contributed by atoms with Crippen molar-refractivity contribution in [3.8, 4) is 0 Å². The lowest BCUT2D eigenvalue weighted by atomic mass is 10.0. The highest BCUT2D eigenvalue weighted by molar-refractivity contribution is 7.84. The fourth-order valence-corrected chi connectivity index (χ4v) is 5.78. The van der Waals surface area contributed by atoms with E-state index in [9.17, 15) is 18.2 Å². The Kier molecular flexibility index (Phi) is 7.64. The monoisotopic (exact) mass is 595 g/mol. The first kappa shape index (κ1) is 29.4. The van der Waals surface area contributed by atoms with Crippen LogP contribution in [-0.2, 0) is 22.6 Å². The molecule has 3 atom stereocenters. The van der Waals surface area contributed by atoms with E-state index < -0.39 is 28.1 Å². The molecule has 2 unspecified atom stereocenters. The van der Waals surface area contributed by atoms with E-state index in [-0.39, 0.29) is 40.1 Å². The molecule has 2 amide bonds. The van der Waals surface area contributed by atoms with Crippen molar-refractivity contribution in [1.29, 1.82) is 0 Å². The number of aryl methyl sites for hydroxylation is 1. The van der Waals surface area contributed by atoms with Crippen molar-refractivity contribution >= 4 is 56.0 Å². The first-order chi connectivity index (χ1) is 19.7. The molecular formula is C29H34FN7O4S. The number of hydrogen-bond acceptors (Lipinski definition) is 8. The molecule has 222 valence electrons. The molecule has 3 heterocycles. The van der Waals surface area contributed by atoms with Gasteiger partial charge >= 0.3 is 6.09 Å². The summed E-state index contributed by atoms with van der Waals surface area (Å²) in [5.74, 6) is -1.06. The van der Waals surface area contributed by atoms with Crippen LogP contribution in [0.3, 0.4) is 0 Å². The third kappa shape index (κ3) is 5.78. The molecule has 4 aromatic rings. The van der Waals surface area contributed by atoms with Gasteiger partial charge in [0.25, 0.3) is 5.91 Å². The van der Waals surface area contributed by atoms with E-state index in [1.165, 1.54) is 17.0 Å². The number of carbonyl (C=O) groups excluding carboxylic acids is 2. The van der Waals surface area contributed by atoms with Gasteiger partial charge in [-0.05, 0) is 58.9 Å². The van der Waals surface area contributed by atoms with E-state index in [1.54, 1.807) is 36.5 Å². The summed E-state index contributed by atoms with van der Waals surface area (Å²) in [5, 5.41) is 8.10. The summed E-state index contributed by atoms with van der Waals surface area (Å²) in [6, 6.07) is 6.00. The fraction of sp³-hybridized carbons (Fsp3) is 0.414. The van der Waals surface area contributed by atoms with Crippen LogP contribution in [0.15, 0.2) is 41.8 Å². The number of halogens is 1. The van der Waals surface area contributed by atoms with Crippen molar-refractivity contribution in [1.82, 2.24) is 24.6 Å². The number of anilines is 2. The van der Waals surface area contributed by atoms with Crippen LogP contribution in [0.2, 0.25) is 0 Å². The number of nitrogens with zero attached hydrogens (tertiary/aromatic N) is 6. The summed E-state index contributed by atoms with van der Waals surface area (Å²) in [6.07, 6.45) is 4.34. The topological polar surface area (TPSA) is 123 Å². The zero-order chi connectivity index (χ0) is 30.5. The normalized spacial score (nSPS) is 18.4. The zero-order valence-corrected chi connectivity index (χ0v) is 25.5. The van der Waals surface area contributed by atoms with Crippen LogP contribution in [0.4, 0.5) is 20.6 Å². The van der Waals surface area contributed by atoms with Gasteiger partial charge in [0.05, 0.1) is 34.0 Å². The Bertz CT molecular complexity index is 1720. The van der Waals surface area contributed by atoms with Crippen molar-refractivity contribution in [3.05, 3.63) is 48.0 Å². The Hall–Kier alpha value is -4.13. The molecule has 1 fully saturated rings. The molecule has 2 aromatic heterocycles. The zero-order valence-electron chi connectivity index (χ0n) is 24.6. The number of benzene rings is 2. The van der Waals surface area contributed by atoms with Gasteiger partial charge in [0, 0.05) is 60.9 Å². The summed E-state index contributed by atoms with van der Waals surface area (Å²) >= 11 is 0. The Morgan fingerprint density at radius 3 is 2.45 bits per heavy atom. The van der Waals surface area contributed by atoms with Gasteiger partial charge in [-0.2, -0.15) is 5.10 Å². The standard InChI is InChI=1S/C29H34FN7O4S/c1-16-13-36(14-17(2)37(16)28(39)41-29(3,4)5)23-9-8-20(25-21(23)12-31-27(33-25)42(7)40)26(38)32-19-10-18-15-35(6)34-24(18)22(30)11-19/h8-12,15-17H,13-14H2,1-7H3,(H,32,38)/t16-,17?,42?/m0/s1. The predicted molar refractivity (Wildman–Crippen MR) is 160 cm³/mol. The number of amides is 2. The van der Waals surface area contributed by atoms with Gasteiger partial charge in [-0.25, -0.2) is 19.2 Å². The van der Waals surface area contributed by atoms with Crippen LogP contribution in [-0.4, -0.2) is 77.9 Å². The smallest absolute Gasteiger partial charge is 0.410 e. The Morgan fingerprint density at radius 1 is 1.12 bits per heavy atom. The van der Waals surface area contributed by atoms with Crippen LogP contribution in [0.25, 0.3) is 21.8 Å². The van der Waals surface area contributed by atoms with E-state index in [1.807, 2.05) is 40.7 Å². The number of aromatic nitrogens is 4. The third-order valence-electron chi connectivity index (χ3n) is 7.01. The number of rotatable bonds is 4.